The maximum atomic E-state index is 13.9. The molecular weight excluding hydrogens is 1260 g/mol. The molecule has 4 bridgehead atoms. The van der Waals surface area contributed by atoms with Crippen LogP contribution in [0.2, 0.25) is 0 Å². The van der Waals surface area contributed by atoms with Gasteiger partial charge in [-0.05, 0) is 101 Å². The van der Waals surface area contributed by atoms with Crippen LogP contribution in [0, 0.1) is 23.7 Å². The van der Waals surface area contributed by atoms with Gasteiger partial charge >= 0.3 is 30.3 Å². The van der Waals surface area contributed by atoms with E-state index in [1.54, 1.807) is 78.8 Å². The highest BCUT2D eigenvalue weighted by atomic mass is 16.6. The van der Waals surface area contributed by atoms with Gasteiger partial charge < -0.3 is 69.8 Å². The molecule has 97 heavy (non-hydrogen) atoms. The summed E-state index contributed by atoms with van der Waals surface area (Å²) in [6.07, 6.45) is 4.03. The van der Waals surface area contributed by atoms with E-state index in [4.69, 9.17) is 54.1 Å². The number of amides is 6. The molecule has 1 aromatic carbocycles. The molecule has 0 saturated carbocycles. The molecule has 9 N–H and O–H groups in total. The number of Topliss-reactive ketones (excluding diaryl/α,β-unsaturated/α-hetero) is 3. The number of ketones is 5. The fourth-order valence-corrected chi connectivity index (χ4v) is 10.7. The Morgan fingerprint density at radius 3 is 1.49 bits per heavy atom. The third-order valence-corrected chi connectivity index (χ3v) is 15.7. The predicted octanol–water partition coefficient (Wildman–Crippen LogP) is 6.33. The van der Waals surface area contributed by atoms with Crippen LogP contribution in [0.1, 0.15) is 100 Å². The molecule has 28 nitrogen and oxygen atoms in total. The Morgan fingerprint density at radius 1 is 0.619 bits per heavy atom. The molecule has 11 atom stereocenters. The number of alkyl carbamates (subject to hydrolysis) is 2. The number of allylic oxidation sites excluding steroid dienone is 9. The van der Waals surface area contributed by atoms with Gasteiger partial charge in [0.2, 0.25) is 23.1 Å². The summed E-state index contributed by atoms with van der Waals surface area (Å²) < 4.78 is 48.1. The van der Waals surface area contributed by atoms with Gasteiger partial charge in [-0.2, -0.15) is 0 Å². The van der Waals surface area contributed by atoms with Gasteiger partial charge in [0.15, 0.2) is 18.0 Å². The number of hydrogen-bond acceptors (Lipinski definition) is 22. The molecule has 2 aliphatic carbocycles. The number of ether oxygens (including phenoxy) is 9. The zero-order chi connectivity index (χ0) is 72.5. The summed E-state index contributed by atoms with van der Waals surface area (Å²) in [5.41, 5.74) is 11.3. The van der Waals surface area contributed by atoms with E-state index in [2.05, 4.69) is 21.3 Å². The fraction of sp³-hybridized carbons (Fsp3) is 0.449. The number of methoxy groups -OCH3 is 4. The number of benzene rings is 1. The molecule has 526 valence electrons. The molecule has 28 heteroatoms. The van der Waals surface area contributed by atoms with E-state index < -0.39 is 132 Å². The number of nitrogens with one attached hydrogen (secondary N) is 4. The number of aliphatic hydroxyl groups excluding tert-OH is 1. The van der Waals surface area contributed by atoms with Gasteiger partial charge in [0.25, 0.3) is 11.8 Å². The summed E-state index contributed by atoms with van der Waals surface area (Å²) >= 11 is 0. The Labute approximate surface area is 562 Å². The van der Waals surface area contributed by atoms with Crippen molar-refractivity contribution in [3.05, 3.63) is 147 Å². The molecule has 0 fully saturated rings. The van der Waals surface area contributed by atoms with Gasteiger partial charge in [-0.15, -0.1) is 0 Å². The lowest BCUT2D eigenvalue weighted by Gasteiger charge is -2.30. The zero-order valence-corrected chi connectivity index (χ0v) is 56.9. The van der Waals surface area contributed by atoms with Crippen LogP contribution in [0.4, 0.5) is 19.2 Å². The van der Waals surface area contributed by atoms with Crippen LogP contribution >= 0.6 is 0 Å². The molecule has 0 saturated heterocycles. The molecule has 2 heterocycles. The third-order valence-electron chi connectivity index (χ3n) is 15.7. The molecule has 0 radical (unpaired) electrons. The maximum absolute atomic E-state index is 13.9. The molecule has 1 aromatic rings. The van der Waals surface area contributed by atoms with Crippen molar-refractivity contribution < 1.29 is 105 Å². The number of hydrogen-bond donors (Lipinski definition) is 7. The minimum Gasteiger partial charge on any atom is -0.450 e. The van der Waals surface area contributed by atoms with Crippen LogP contribution in [0.5, 0.6) is 5.75 Å². The van der Waals surface area contributed by atoms with Crippen molar-refractivity contribution in [3.63, 3.8) is 0 Å². The lowest BCUT2D eigenvalue weighted by Crippen LogP contribution is -2.38. The molecule has 0 aromatic heterocycles. The lowest BCUT2D eigenvalue weighted by atomic mass is 9.85. The number of fused-ring (bicyclic) bond motifs is 4. The summed E-state index contributed by atoms with van der Waals surface area (Å²) in [4.78, 5) is 153. The first-order chi connectivity index (χ1) is 45.8. The number of primary amides is 2. The lowest BCUT2D eigenvalue weighted by molar-refractivity contribution is -0.132. The molecule has 6 amide bonds. The molecule has 0 unspecified atom stereocenters. The molecule has 2 aliphatic heterocycles. The van der Waals surface area contributed by atoms with Gasteiger partial charge in [-0.3, -0.25) is 49.0 Å². The van der Waals surface area contributed by atoms with Gasteiger partial charge in [0, 0.05) is 81.6 Å². The van der Waals surface area contributed by atoms with E-state index in [1.807, 2.05) is 0 Å². The van der Waals surface area contributed by atoms with Crippen molar-refractivity contribution in [3.8, 4) is 5.75 Å². The zero-order valence-electron chi connectivity index (χ0n) is 56.9. The van der Waals surface area contributed by atoms with E-state index in [0.717, 1.165) is 12.2 Å². The van der Waals surface area contributed by atoms with Crippen LogP contribution in [0.15, 0.2) is 141 Å². The average molecular weight is 1350 g/mol. The van der Waals surface area contributed by atoms with Crippen LogP contribution in [-0.4, -0.2) is 154 Å². The minimum atomic E-state index is -1.07. The number of carbonyl (C=O) groups is 12. The number of aliphatic hydroxyl groups is 1. The average Bonchev–Trinajstić information content (AvgIpc) is 1.20. The van der Waals surface area contributed by atoms with Crippen LogP contribution in [0.25, 0.3) is 0 Å². The number of esters is 1. The first kappa shape index (κ1) is 79.7. The molecule has 5 rings (SSSR count). The van der Waals surface area contributed by atoms with Crippen LogP contribution in [-0.2, 0) is 82.9 Å². The van der Waals surface area contributed by atoms with Crippen LogP contribution < -0.4 is 37.5 Å². The second-order valence-electron chi connectivity index (χ2n) is 23.4. The van der Waals surface area contributed by atoms with E-state index in [-0.39, 0.29) is 89.8 Å². The van der Waals surface area contributed by atoms with Crippen molar-refractivity contribution >= 4 is 71.1 Å². The highest BCUT2D eigenvalue weighted by Crippen LogP contribution is 2.31. The summed E-state index contributed by atoms with van der Waals surface area (Å²) in [7, 11) is 5.60. The normalized spacial score (nSPS) is 28.0. The fourth-order valence-electron chi connectivity index (χ4n) is 10.7. The summed E-state index contributed by atoms with van der Waals surface area (Å²) in [6.45, 7) is 16.0. The first-order valence-electron chi connectivity index (χ1n) is 30.9. The highest BCUT2D eigenvalue weighted by Gasteiger charge is 2.37. The summed E-state index contributed by atoms with van der Waals surface area (Å²) in [5.74, 6) is -6.67. The largest absolute Gasteiger partial charge is 0.450 e. The standard InChI is InChI=1S/C38H47N3O12.C31H41N3O10/c1-20-15-27-32(41-38(48)51-19-25-11-13-26(14-12-25)52-24(5)42)29(43)18-28(34(27)45)40-36(46)21(2)9-8-10-30(49-6)35(53-37(39)47)23(4)17-22(3)33(44)31(16-20)50-7;1-8-43-31(40)34-25-20-12-16(2)13-24(42-7)26(36)18(4)14-19(5)28(44-30(32)39)23(41-6)11-9-10-17(3)29(38)33-21(27(20)37)15-22(25)35/h8-14,17-18,20,22,30-31,33,35,44H,15-16,19H2,1-7H3,(H2,39,47)(H,40,46)(H,41,48);9-11,14-16,18,23-24,28H,8,12-13H2,1-7H3,(H2,32,39)(H,33,38)(H,34,40)/b10-8-,21-9+,23-17+;11-9-,17-10+,19-14+/t20-,22+,30+,31+,33-,35+;16-,18+,23+,24+,28+/m11/s1. The van der Waals surface area contributed by atoms with Gasteiger partial charge in [0.1, 0.15) is 30.7 Å². The topological polar surface area (TPSA) is 408 Å². The quantitative estimate of drug-likeness (QED) is 0.0395. The maximum Gasteiger partial charge on any atom is 0.412 e. The Hall–Kier alpha value is -9.74. The number of carbonyl (C=O) groups excluding carboxylic acids is 12. The van der Waals surface area contributed by atoms with Gasteiger partial charge in [-0.1, -0.05) is 88.4 Å². The Kier molecular flexibility index (Phi) is 31.3. The smallest absolute Gasteiger partial charge is 0.412 e. The SMILES string of the molecule is CCOC(=O)NC1=C2C[C@@H](C)C[C@H](OC)C(=O)[C@@H](C)/C=C(\C)[C@H](OC(N)=O)[C@@H](OC)/C=C\C=C(/C)C(=O)NC(=CC1=O)C2=O.CO[C@H]1/C=C\C=C(/C)C(=O)NC2=CC(=O)C(NC(=O)OCc3ccc(OC(C)=O)cc3)=C(C[C@@H](C)C[C@H](OC)[C@H](O)[C@@H](C)/C=C(\C)[C@@H]1OC(N)=O)C2=O. The van der Waals surface area contributed by atoms with Crippen molar-refractivity contribution in [2.45, 2.75) is 144 Å². The Bertz CT molecular complexity index is 3490. The van der Waals surface area contributed by atoms with Gasteiger partial charge in [0.05, 0.1) is 41.6 Å². The summed E-state index contributed by atoms with van der Waals surface area (Å²) in [6, 6.07) is 6.23. The van der Waals surface area contributed by atoms with Crippen molar-refractivity contribution in [2.24, 2.45) is 35.1 Å². The van der Waals surface area contributed by atoms with Gasteiger partial charge in [-0.25, -0.2) is 19.2 Å². The predicted molar refractivity (Wildman–Crippen MR) is 349 cm³/mol. The highest BCUT2D eigenvalue weighted by molar-refractivity contribution is 6.25. The van der Waals surface area contributed by atoms with E-state index in [0.29, 0.717) is 22.5 Å². The second kappa shape index (κ2) is 38.1. The third kappa shape index (κ3) is 23.8. The monoisotopic (exact) mass is 1350 g/mol. The molecule has 0 spiro atoms. The number of nitrogens with two attached hydrogens (primary N) is 2. The summed E-state index contributed by atoms with van der Waals surface area (Å²) in [5, 5.41) is 21.1. The van der Waals surface area contributed by atoms with E-state index in [9.17, 15) is 62.6 Å². The number of rotatable bonds is 12. The van der Waals surface area contributed by atoms with Crippen LogP contribution in [0.3, 0.4) is 0 Å². The van der Waals surface area contributed by atoms with Crippen molar-refractivity contribution in [1.29, 1.82) is 0 Å². The second-order valence-corrected chi connectivity index (χ2v) is 23.4. The Morgan fingerprint density at radius 2 is 1.07 bits per heavy atom. The minimum absolute atomic E-state index is 0.0302. The molecule has 4 aliphatic rings. The van der Waals surface area contributed by atoms with E-state index >= 15 is 0 Å². The molecular formula is C69H88N6O22. The van der Waals surface area contributed by atoms with Crippen molar-refractivity contribution in [2.75, 3.05) is 35.0 Å². The van der Waals surface area contributed by atoms with Crippen molar-refractivity contribution in [1.82, 2.24) is 21.3 Å². The van der Waals surface area contributed by atoms with E-state index in [1.165, 1.54) is 91.7 Å². The first-order valence-corrected chi connectivity index (χ1v) is 30.9. The Balaban J connectivity index is 0.000000420.